The number of halogens is 1. The van der Waals surface area contributed by atoms with Crippen molar-refractivity contribution in [2.24, 2.45) is 0 Å². The molecular weight excluding hydrogens is 390 g/mol. The van der Waals surface area contributed by atoms with E-state index in [9.17, 15) is 13.2 Å². The topological polar surface area (TPSA) is 116 Å². The van der Waals surface area contributed by atoms with Crippen LogP contribution in [-0.2, 0) is 23.0 Å². The van der Waals surface area contributed by atoms with E-state index < -0.39 is 10.0 Å². The van der Waals surface area contributed by atoms with Gasteiger partial charge in [0.2, 0.25) is 10.0 Å². The van der Waals surface area contributed by atoms with Gasteiger partial charge in [0.25, 0.3) is 5.91 Å². The molecule has 4 rings (SSSR count). The van der Waals surface area contributed by atoms with Gasteiger partial charge in [-0.25, -0.2) is 13.1 Å². The molecule has 2 aromatic rings. The quantitative estimate of drug-likeness (QED) is 0.594. The van der Waals surface area contributed by atoms with Crippen LogP contribution >= 0.6 is 12.4 Å². The summed E-state index contributed by atoms with van der Waals surface area (Å²) in [5, 5.41) is 13.0. The molecular formula is C17H22ClN5O3S. The fraction of sp³-hybridized carbons (Fsp3) is 0.412. The first-order valence-corrected chi connectivity index (χ1v) is 10.1. The number of benzene rings is 1. The lowest BCUT2D eigenvalue weighted by atomic mass is 10.1. The van der Waals surface area contributed by atoms with Crippen LogP contribution < -0.4 is 15.4 Å². The zero-order chi connectivity index (χ0) is 18.3. The van der Waals surface area contributed by atoms with Gasteiger partial charge in [0.1, 0.15) is 0 Å². The minimum absolute atomic E-state index is 0. The predicted molar refractivity (Wildman–Crippen MR) is 104 cm³/mol. The van der Waals surface area contributed by atoms with Gasteiger partial charge in [-0.15, -0.1) is 12.4 Å². The number of rotatable bonds is 5. The number of hydrogen-bond acceptors (Lipinski definition) is 5. The molecule has 0 saturated heterocycles. The molecule has 1 amide bonds. The van der Waals surface area contributed by atoms with Crippen molar-refractivity contribution < 1.29 is 13.2 Å². The summed E-state index contributed by atoms with van der Waals surface area (Å²) in [5.74, 6) is -0.353. The lowest BCUT2D eigenvalue weighted by Gasteiger charge is -2.13. The third kappa shape index (κ3) is 4.16. The van der Waals surface area contributed by atoms with Crippen LogP contribution in [0.1, 0.15) is 40.2 Å². The first-order chi connectivity index (χ1) is 12.4. The summed E-state index contributed by atoms with van der Waals surface area (Å²) in [4.78, 5) is 12.8. The SMILES string of the molecule is Cc1ccc(NC(=O)c2n[nH]c3c2CNCC3)cc1S(=O)(=O)NC1CC1.Cl. The Hall–Kier alpha value is -1.94. The maximum Gasteiger partial charge on any atom is 0.276 e. The monoisotopic (exact) mass is 411 g/mol. The molecule has 0 bridgehead atoms. The molecule has 146 valence electrons. The molecule has 1 aromatic heterocycles. The highest BCUT2D eigenvalue weighted by molar-refractivity contribution is 7.89. The average Bonchev–Trinajstić information content (AvgIpc) is 3.30. The second kappa shape index (κ2) is 7.59. The van der Waals surface area contributed by atoms with Crippen LogP contribution in [0.15, 0.2) is 23.1 Å². The van der Waals surface area contributed by atoms with Gasteiger partial charge in [-0.2, -0.15) is 5.10 Å². The summed E-state index contributed by atoms with van der Waals surface area (Å²) < 4.78 is 27.7. The number of carbonyl (C=O) groups excluding carboxylic acids is 1. The number of fused-ring (bicyclic) bond motifs is 1. The highest BCUT2D eigenvalue weighted by Crippen LogP contribution is 2.26. The fourth-order valence-electron chi connectivity index (χ4n) is 3.05. The van der Waals surface area contributed by atoms with Crippen LogP contribution in [0.4, 0.5) is 5.69 Å². The Morgan fingerprint density at radius 1 is 1.30 bits per heavy atom. The molecule has 10 heteroatoms. The number of sulfonamides is 1. The van der Waals surface area contributed by atoms with Crippen molar-refractivity contribution in [2.75, 3.05) is 11.9 Å². The Balaban J connectivity index is 0.00000210. The zero-order valence-corrected chi connectivity index (χ0v) is 16.5. The number of aromatic amines is 1. The van der Waals surface area contributed by atoms with Crippen LogP contribution in [0, 0.1) is 6.92 Å². The van der Waals surface area contributed by atoms with E-state index in [1.54, 1.807) is 19.1 Å². The van der Waals surface area contributed by atoms with Gasteiger partial charge in [0.15, 0.2) is 5.69 Å². The Morgan fingerprint density at radius 2 is 2.07 bits per heavy atom. The first kappa shape index (κ1) is 19.8. The van der Waals surface area contributed by atoms with Crippen molar-refractivity contribution in [2.45, 2.75) is 43.7 Å². The molecule has 1 aromatic carbocycles. The van der Waals surface area contributed by atoms with Crippen LogP contribution in [-0.4, -0.2) is 37.1 Å². The van der Waals surface area contributed by atoms with Gasteiger partial charge in [-0.3, -0.25) is 9.89 Å². The van der Waals surface area contributed by atoms with Crippen molar-refractivity contribution in [3.63, 3.8) is 0 Å². The molecule has 1 aliphatic carbocycles. The third-order valence-electron chi connectivity index (χ3n) is 4.66. The summed E-state index contributed by atoms with van der Waals surface area (Å²) in [6.45, 7) is 3.18. The summed E-state index contributed by atoms with van der Waals surface area (Å²) in [6.07, 6.45) is 2.54. The van der Waals surface area contributed by atoms with Crippen LogP contribution in [0.5, 0.6) is 0 Å². The predicted octanol–water partition coefficient (Wildman–Crippen LogP) is 1.48. The Kier molecular flexibility index (Phi) is 5.57. The number of nitrogens with zero attached hydrogens (tertiary/aromatic N) is 1. The normalized spacial score (nSPS) is 16.3. The van der Waals surface area contributed by atoms with E-state index in [1.807, 2.05) is 0 Å². The van der Waals surface area contributed by atoms with E-state index in [1.165, 1.54) is 6.07 Å². The number of carbonyl (C=O) groups is 1. The number of hydrogen-bond donors (Lipinski definition) is 4. The summed E-state index contributed by atoms with van der Waals surface area (Å²) in [6, 6.07) is 4.91. The van der Waals surface area contributed by atoms with E-state index >= 15 is 0 Å². The van der Waals surface area contributed by atoms with Gasteiger partial charge >= 0.3 is 0 Å². The highest BCUT2D eigenvalue weighted by Gasteiger charge is 2.29. The van der Waals surface area contributed by atoms with Crippen molar-refractivity contribution in [3.05, 3.63) is 40.7 Å². The van der Waals surface area contributed by atoms with E-state index in [2.05, 4.69) is 25.6 Å². The van der Waals surface area contributed by atoms with Crippen molar-refractivity contribution in [1.82, 2.24) is 20.2 Å². The minimum Gasteiger partial charge on any atom is -0.321 e. The van der Waals surface area contributed by atoms with E-state index in [-0.39, 0.29) is 29.3 Å². The molecule has 1 saturated carbocycles. The lowest BCUT2D eigenvalue weighted by Crippen LogP contribution is -2.27. The molecule has 2 heterocycles. The molecule has 4 N–H and O–H groups in total. The lowest BCUT2D eigenvalue weighted by molar-refractivity contribution is 0.102. The summed E-state index contributed by atoms with van der Waals surface area (Å²) in [7, 11) is -3.59. The number of nitrogens with one attached hydrogen (secondary N) is 4. The Morgan fingerprint density at radius 3 is 2.81 bits per heavy atom. The van der Waals surface area contributed by atoms with Crippen molar-refractivity contribution >= 4 is 34.0 Å². The van der Waals surface area contributed by atoms with Gasteiger partial charge in [-0.05, 0) is 37.5 Å². The van der Waals surface area contributed by atoms with Crippen LogP contribution in [0.25, 0.3) is 0 Å². The van der Waals surface area contributed by atoms with Gasteiger partial charge < -0.3 is 10.6 Å². The number of H-pyrrole nitrogens is 1. The molecule has 8 nitrogen and oxygen atoms in total. The summed E-state index contributed by atoms with van der Waals surface area (Å²) in [5.41, 5.74) is 3.24. The molecule has 0 radical (unpaired) electrons. The number of aromatic nitrogens is 2. The van der Waals surface area contributed by atoms with E-state index in [0.717, 1.165) is 37.1 Å². The Labute approximate surface area is 164 Å². The van der Waals surface area contributed by atoms with Gasteiger partial charge in [-0.1, -0.05) is 6.07 Å². The van der Waals surface area contributed by atoms with E-state index in [0.29, 0.717) is 23.5 Å². The van der Waals surface area contributed by atoms with Crippen LogP contribution in [0.3, 0.4) is 0 Å². The number of anilines is 1. The smallest absolute Gasteiger partial charge is 0.276 e. The second-order valence-electron chi connectivity index (χ2n) is 6.79. The summed E-state index contributed by atoms with van der Waals surface area (Å²) >= 11 is 0. The van der Waals surface area contributed by atoms with Crippen molar-refractivity contribution in [1.29, 1.82) is 0 Å². The molecule has 1 aliphatic heterocycles. The number of aryl methyl sites for hydroxylation is 1. The molecule has 1 fully saturated rings. The second-order valence-corrected chi connectivity index (χ2v) is 8.47. The zero-order valence-electron chi connectivity index (χ0n) is 14.8. The first-order valence-electron chi connectivity index (χ1n) is 8.65. The van der Waals surface area contributed by atoms with E-state index in [4.69, 9.17) is 0 Å². The maximum atomic E-state index is 12.6. The average molecular weight is 412 g/mol. The molecule has 0 spiro atoms. The van der Waals surface area contributed by atoms with Gasteiger partial charge in [0, 0.05) is 42.5 Å². The fourth-order valence-corrected chi connectivity index (χ4v) is 4.63. The van der Waals surface area contributed by atoms with Crippen molar-refractivity contribution in [3.8, 4) is 0 Å². The standard InChI is InChI=1S/C17H21N5O3S.ClH/c1-10-2-3-12(8-15(10)26(24,25)22-11-4-5-11)19-17(23)16-13-9-18-7-6-14(13)20-21-16;/h2-3,8,11,18,22H,4-7,9H2,1H3,(H,19,23)(H,20,21);1H. The number of amides is 1. The maximum absolute atomic E-state index is 12.6. The molecule has 0 unspecified atom stereocenters. The molecule has 0 atom stereocenters. The minimum atomic E-state index is -3.59. The Bertz CT molecular complexity index is 969. The molecule has 27 heavy (non-hydrogen) atoms. The largest absolute Gasteiger partial charge is 0.321 e. The third-order valence-corrected chi connectivity index (χ3v) is 6.32. The van der Waals surface area contributed by atoms with Crippen LogP contribution in [0.2, 0.25) is 0 Å². The highest BCUT2D eigenvalue weighted by atomic mass is 35.5. The molecule has 2 aliphatic rings. The van der Waals surface area contributed by atoms with Gasteiger partial charge in [0.05, 0.1) is 4.90 Å².